The van der Waals surface area contributed by atoms with Gasteiger partial charge in [-0.2, -0.15) is 5.10 Å². The molecule has 102 valence electrons. The highest BCUT2D eigenvalue weighted by atomic mass is 15.3. The summed E-state index contributed by atoms with van der Waals surface area (Å²) in [5, 5.41) is 4.76. The van der Waals surface area contributed by atoms with Crippen molar-refractivity contribution in [2.45, 2.75) is 40.0 Å². The van der Waals surface area contributed by atoms with Crippen LogP contribution in [0.1, 0.15) is 36.4 Å². The molecule has 0 aliphatic carbocycles. The summed E-state index contributed by atoms with van der Waals surface area (Å²) in [6.07, 6.45) is 0. The molecule has 1 aromatic heterocycles. The average molecular weight is 257 g/mol. The maximum absolute atomic E-state index is 5.84. The second-order valence-corrected chi connectivity index (χ2v) is 5.89. The first-order valence-electron chi connectivity index (χ1n) is 6.70. The summed E-state index contributed by atoms with van der Waals surface area (Å²) in [6.45, 7) is 11.2. The number of nitrogens with two attached hydrogens (primary N) is 1. The van der Waals surface area contributed by atoms with Crippen LogP contribution in [0.2, 0.25) is 0 Å². The van der Waals surface area contributed by atoms with Crippen LogP contribution in [0.3, 0.4) is 0 Å². The van der Waals surface area contributed by atoms with E-state index in [2.05, 4.69) is 58.9 Å². The van der Waals surface area contributed by atoms with E-state index in [0.717, 1.165) is 17.1 Å². The van der Waals surface area contributed by atoms with Gasteiger partial charge in [0.25, 0.3) is 0 Å². The van der Waals surface area contributed by atoms with E-state index in [9.17, 15) is 0 Å². The Bertz CT molecular complexity index is 594. The van der Waals surface area contributed by atoms with Gasteiger partial charge in [0.2, 0.25) is 0 Å². The number of aromatic nitrogens is 2. The Morgan fingerprint density at radius 3 is 2.53 bits per heavy atom. The molecule has 2 aromatic rings. The third-order valence-corrected chi connectivity index (χ3v) is 3.90. The molecule has 1 heterocycles. The highest BCUT2D eigenvalue weighted by Gasteiger charge is 2.23. The molecule has 0 saturated heterocycles. The van der Waals surface area contributed by atoms with Crippen molar-refractivity contribution in [1.82, 2.24) is 9.78 Å². The first kappa shape index (κ1) is 13.8. The molecule has 0 saturated carbocycles. The molecular formula is C16H23N3. The van der Waals surface area contributed by atoms with Crippen LogP contribution in [0.25, 0.3) is 5.69 Å². The van der Waals surface area contributed by atoms with Gasteiger partial charge in [0.05, 0.1) is 11.4 Å². The molecule has 0 spiro atoms. The van der Waals surface area contributed by atoms with Crippen molar-refractivity contribution < 1.29 is 0 Å². The summed E-state index contributed by atoms with van der Waals surface area (Å²) in [6, 6.07) is 8.45. The lowest BCUT2D eigenvalue weighted by atomic mass is 9.90. The summed E-state index contributed by atoms with van der Waals surface area (Å²) in [7, 11) is 0. The highest BCUT2D eigenvalue weighted by molar-refractivity contribution is 5.45. The van der Waals surface area contributed by atoms with Crippen molar-refractivity contribution in [3.63, 3.8) is 0 Å². The zero-order valence-electron chi connectivity index (χ0n) is 12.5. The van der Waals surface area contributed by atoms with Gasteiger partial charge < -0.3 is 5.73 Å². The molecular weight excluding hydrogens is 234 g/mol. The summed E-state index contributed by atoms with van der Waals surface area (Å²) in [5.41, 5.74) is 11.6. The van der Waals surface area contributed by atoms with Gasteiger partial charge in [-0.1, -0.05) is 26.0 Å². The molecule has 0 bridgehead atoms. The first-order chi connectivity index (χ1) is 8.86. The van der Waals surface area contributed by atoms with E-state index in [1.54, 1.807) is 0 Å². The highest BCUT2D eigenvalue weighted by Crippen LogP contribution is 2.24. The van der Waals surface area contributed by atoms with Crippen LogP contribution in [0.15, 0.2) is 24.3 Å². The van der Waals surface area contributed by atoms with Crippen LogP contribution < -0.4 is 5.73 Å². The normalized spacial score (nSPS) is 11.9. The largest absolute Gasteiger partial charge is 0.330 e. The Balaban J connectivity index is 2.56. The number of aryl methyl sites for hydroxylation is 2. The first-order valence-corrected chi connectivity index (χ1v) is 6.70. The Morgan fingerprint density at radius 1 is 1.21 bits per heavy atom. The fraction of sp³-hybridized carbons (Fsp3) is 0.438. The monoisotopic (exact) mass is 257 g/mol. The van der Waals surface area contributed by atoms with E-state index < -0.39 is 0 Å². The molecule has 2 N–H and O–H groups in total. The summed E-state index contributed by atoms with van der Waals surface area (Å²) in [5.74, 6) is 0. The van der Waals surface area contributed by atoms with Crippen LogP contribution in [-0.4, -0.2) is 16.3 Å². The molecule has 1 aromatic carbocycles. The lowest BCUT2D eigenvalue weighted by Gasteiger charge is -2.19. The van der Waals surface area contributed by atoms with E-state index in [-0.39, 0.29) is 5.41 Å². The molecule has 0 fully saturated rings. The van der Waals surface area contributed by atoms with Crippen molar-refractivity contribution in [2.24, 2.45) is 5.73 Å². The van der Waals surface area contributed by atoms with Crippen LogP contribution in [0.4, 0.5) is 0 Å². The maximum Gasteiger partial charge on any atom is 0.0700 e. The standard InChI is InChI=1S/C16H23N3/c1-11-7-6-8-14(13(11)3)19-12(2)9-15(18-19)16(4,5)10-17/h6-9H,10,17H2,1-5H3. The summed E-state index contributed by atoms with van der Waals surface area (Å²) < 4.78 is 2.02. The fourth-order valence-corrected chi connectivity index (χ4v) is 2.12. The minimum Gasteiger partial charge on any atom is -0.330 e. The third-order valence-electron chi connectivity index (χ3n) is 3.90. The lowest BCUT2D eigenvalue weighted by Crippen LogP contribution is -2.28. The molecule has 0 radical (unpaired) electrons. The number of hydrogen-bond acceptors (Lipinski definition) is 2. The van der Waals surface area contributed by atoms with E-state index in [0.29, 0.717) is 6.54 Å². The minimum absolute atomic E-state index is 0.0895. The maximum atomic E-state index is 5.84. The van der Waals surface area contributed by atoms with Gasteiger partial charge in [-0.05, 0) is 44.0 Å². The van der Waals surface area contributed by atoms with E-state index in [1.807, 2.05) is 4.68 Å². The number of benzene rings is 1. The Morgan fingerprint density at radius 2 is 1.89 bits per heavy atom. The SMILES string of the molecule is Cc1cccc(-n2nc(C(C)(C)CN)cc2C)c1C. The van der Waals surface area contributed by atoms with Crippen LogP contribution >= 0.6 is 0 Å². The Labute approximate surface area is 115 Å². The van der Waals surface area contributed by atoms with Gasteiger partial charge in [0.1, 0.15) is 0 Å². The zero-order valence-corrected chi connectivity index (χ0v) is 12.5. The minimum atomic E-state index is -0.0895. The summed E-state index contributed by atoms with van der Waals surface area (Å²) in [4.78, 5) is 0. The fourth-order valence-electron chi connectivity index (χ4n) is 2.12. The van der Waals surface area contributed by atoms with Gasteiger partial charge in [0, 0.05) is 17.7 Å². The van der Waals surface area contributed by atoms with Crippen molar-refractivity contribution in [1.29, 1.82) is 0 Å². The van der Waals surface area contributed by atoms with Gasteiger partial charge in [0.15, 0.2) is 0 Å². The third kappa shape index (κ3) is 2.43. The lowest BCUT2D eigenvalue weighted by molar-refractivity contribution is 0.515. The quantitative estimate of drug-likeness (QED) is 0.918. The Hall–Kier alpha value is -1.61. The van der Waals surface area contributed by atoms with Crippen molar-refractivity contribution in [3.8, 4) is 5.69 Å². The Kier molecular flexibility index (Phi) is 3.50. The average Bonchev–Trinajstić information content (AvgIpc) is 2.75. The molecule has 0 unspecified atom stereocenters. The van der Waals surface area contributed by atoms with Crippen molar-refractivity contribution >= 4 is 0 Å². The van der Waals surface area contributed by atoms with Gasteiger partial charge in [-0.3, -0.25) is 0 Å². The number of rotatable bonds is 3. The molecule has 0 aliphatic rings. The second kappa shape index (κ2) is 4.82. The molecule has 3 heteroatoms. The van der Waals surface area contributed by atoms with Gasteiger partial charge >= 0.3 is 0 Å². The van der Waals surface area contributed by atoms with Crippen molar-refractivity contribution in [3.05, 3.63) is 46.8 Å². The smallest absolute Gasteiger partial charge is 0.0700 e. The predicted molar refractivity (Wildman–Crippen MR) is 79.9 cm³/mol. The van der Waals surface area contributed by atoms with Crippen LogP contribution in [0.5, 0.6) is 0 Å². The predicted octanol–water partition coefficient (Wildman–Crippen LogP) is 3.03. The second-order valence-electron chi connectivity index (χ2n) is 5.89. The molecule has 0 atom stereocenters. The van der Waals surface area contributed by atoms with E-state index in [1.165, 1.54) is 11.1 Å². The van der Waals surface area contributed by atoms with E-state index in [4.69, 9.17) is 10.8 Å². The zero-order chi connectivity index (χ0) is 14.2. The van der Waals surface area contributed by atoms with Crippen LogP contribution in [-0.2, 0) is 5.41 Å². The summed E-state index contributed by atoms with van der Waals surface area (Å²) >= 11 is 0. The number of nitrogens with zero attached hydrogens (tertiary/aromatic N) is 2. The molecule has 0 aliphatic heterocycles. The van der Waals surface area contributed by atoms with Gasteiger partial charge in [-0.15, -0.1) is 0 Å². The van der Waals surface area contributed by atoms with Crippen molar-refractivity contribution in [2.75, 3.05) is 6.54 Å². The number of hydrogen-bond donors (Lipinski definition) is 1. The van der Waals surface area contributed by atoms with Gasteiger partial charge in [-0.25, -0.2) is 4.68 Å². The molecule has 0 amide bonds. The molecule has 2 rings (SSSR count). The topological polar surface area (TPSA) is 43.8 Å². The molecule has 3 nitrogen and oxygen atoms in total. The molecule has 19 heavy (non-hydrogen) atoms. The van der Waals surface area contributed by atoms with Crippen LogP contribution in [0, 0.1) is 20.8 Å². The van der Waals surface area contributed by atoms with E-state index >= 15 is 0 Å².